The minimum Gasteiger partial charge on any atom is -0.344 e. The quantitative estimate of drug-likeness (QED) is 0.631. The van der Waals surface area contributed by atoms with Crippen LogP contribution in [0.3, 0.4) is 0 Å². The summed E-state index contributed by atoms with van der Waals surface area (Å²) in [6, 6.07) is 18.3. The molecule has 0 aliphatic heterocycles. The standard InChI is InChI=1S/C22H22N4O2/c1-14-13-20(21(28)24-15(2)17-7-5-4-6-8-17)26-22(23-14)25-19-11-9-18(10-12-19)16(3)27/h4-13,15H,1-3H3,(H,24,28)(H,23,25,26). The molecule has 0 aliphatic carbocycles. The second-order valence-corrected chi connectivity index (χ2v) is 6.58. The van der Waals surface area contributed by atoms with Gasteiger partial charge in [-0.1, -0.05) is 30.3 Å². The van der Waals surface area contributed by atoms with Crippen molar-refractivity contribution < 1.29 is 9.59 Å². The number of amides is 1. The fraction of sp³-hybridized carbons (Fsp3) is 0.182. The van der Waals surface area contributed by atoms with Crippen LogP contribution >= 0.6 is 0 Å². The first-order valence-electron chi connectivity index (χ1n) is 9.02. The van der Waals surface area contributed by atoms with E-state index in [-0.39, 0.29) is 23.4 Å². The van der Waals surface area contributed by atoms with Crippen molar-refractivity contribution in [1.29, 1.82) is 0 Å². The maximum absolute atomic E-state index is 12.6. The predicted octanol–water partition coefficient (Wildman–Crippen LogP) is 4.22. The number of anilines is 2. The van der Waals surface area contributed by atoms with Crippen LogP contribution in [0.15, 0.2) is 60.7 Å². The second-order valence-electron chi connectivity index (χ2n) is 6.58. The Kier molecular flexibility index (Phi) is 5.79. The van der Waals surface area contributed by atoms with E-state index < -0.39 is 0 Å². The van der Waals surface area contributed by atoms with Crippen LogP contribution in [-0.4, -0.2) is 21.7 Å². The predicted molar refractivity (Wildman–Crippen MR) is 109 cm³/mol. The molecule has 0 aliphatic rings. The molecule has 28 heavy (non-hydrogen) atoms. The number of nitrogens with one attached hydrogen (secondary N) is 2. The zero-order valence-corrected chi connectivity index (χ0v) is 16.1. The molecule has 1 atom stereocenters. The molecular weight excluding hydrogens is 352 g/mol. The lowest BCUT2D eigenvalue weighted by Crippen LogP contribution is -2.27. The van der Waals surface area contributed by atoms with Gasteiger partial charge in [0.25, 0.3) is 5.91 Å². The van der Waals surface area contributed by atoms with Crippen molar-refractivity contribution in [2.24, 2.45) is 0 Å². The highest BCUT2D eigenvalue weighted by Gasteiger charge is 2.14. The van der Waals surface area contributed by atoms with Crippen LogP contribution in [0.25, 0.3) is 0 Å². The molecule has 1 amide bonds. The summed E-state index contributed by atoms with van der Waals surface area (Å²) < 4.78 is 0. The van der Waals surface area contributed by atoms with Crippen molar-refractivity contribution in [3.05, 3.63) is 83.2 Å². The fourth-order valence-corrected chi connectivity index (χ4v) is 2.75. The Morgan fingerprint density at radius 3 is 2.29 bits per heavy atom. The van der Waals surface area contributed by atoms with Gasteiger partial charge in [0.05, 0.1) is 6.04 Å². The Morgan fingerprint density at radius 2 is 1.64 bits per heavy atom. The third-order valence-corrected chi connectivity index (χ3v) is 4.28. The Bertz CT molecular complexity index is 985. The minimum absolute atomic E-state index is 0.00449. The molecular formula is C22H22N4O2. The van der Waals surface area contributed by atoms with Crippen LogP contribution in [0.2, 0.25) is 0 Å². The van der Waals surface area contributed by atoms with Gasteiger partial charge in [0.1, 0.15) is 5.69 Å². The average molecular weight is 374 g/mol. The lowest BCUT2D eigenvalue weighted by molar-refractivity contribution is 0.0934. The first-order valence-corrected chi connectivity index (χ1v) is 9.02. The van der Waals surface area contributed by atoms with Gasteiger partial charge in [-0.3, -0.25) is 9.59 Å². The van der Waals surface area contributed by atoms with Gasteiger partial charge in [-0.25, -0.2) is 9.97 Å². The first kappa shape index (κ1) is 19.2. The largest absolute Gasteiger partial charge is 0.344 e. The lowest BCUT2D eigenvalue weighted by atomic mass is 10.1. The van der Waals surface area contributed by atoms with E-state index in [1.54, 1.807) is 30.3 Å². The number of hydrogen-bond donors (Lipinski definition) is 2. The molecule has 2 N–H and O–H groups in total. The molecule has 0 saturated carbocycles. The van der Waals surface area contributed by atoms with Crippen LogP contribution in [0.5, 0.6) is 0 Å². The molecule has 0 spiro atoms. The zero-order chi connectivity index (χ0) is 20.1. The molecule has 3 aromatic rings. The van der Waals surface area contributed by atoms with Crippen molar-refractivity contribution in [3.8, 4) is 0 Å². The fourth-order valence-electron chi connectivity index (χ4n) is 2.75. The lowest BCUT2D eigenvalue weighted by Gasteiger charge is -2.14. The number of aryl methyl sites for hydroxylation is 1. The van der Waals surface area contributed by atoms with E-state index in [0.29, 0.717) is 17.2 Å². The van der Waals surface area contributed by atoms with Crippen LogP contribution in [-0.2, 0) is 0 Å². The second kappa shape index (κ2) is 8.43. The average Bonchev–Trinajstić information content (AvgIpc) is 2.68. The third kappa shape index (κ3) is 4.79. The molecule has 1 aromatic heterocycles. The molecule has 6 nitrogen and oxygen atoms in total. The van der Waals surface area contributed by atoms with Crippen molar-refractivity contribution >= 4 is 23.3 Å². The number of ketones is 1. The van der Waals surface area contributed by atoms with Gasteiger partial charge in [-0.2, -0.15) is 0 Å². The van der Waals surface area contributed by atoms with Crippen molar-refractivity contribution in [3.63, 3.8) is 0 Å². The molecule has 2 aromatic carbocycles. The highest BCUT2D eigenvalue weighted by molar-refractivity contribution is 5.94. The van der Waals surface area contributed by atoms with Gasteiger partial charge in [0, 0.05) is 16.9 Å². The molecule has 0 saturated heterocycles. The van der Waals surface area contributed by atoms with Crippen LogP contribution < -0.4 is 10.6 Å². The summed E-state index contributed by atoms with van der Waals surface area (Å²) in [6.45, 7) is 5.26. The normalized spacial score (nSPS) is 11.5. The SMILES string of the molecule is CC(=O)c1ccc(Nc2nc(C)cc(C(=O)NC(C)c3ccccc3)n2)cc1. The Labute approximate surface area is 164 Å². The molecule has 1 unspecified atom stereocenters. The maximum atomic E-state index is 12.6. The van der Waals surface area contributed by atoms with E-state index in [2.05, 4.69) is 20.6 Å². The van der Waals surface area contributed by atoms with Gasteiger partial charge < -0.3 is 10.6 Å². The number of carbonyl (C=O) groups excluding carboxylic acids is 2. The summed E-state index contributed by atoms with van der Waals surface area (Å²) in [6.07, 6.45) is 0. The number of hydrogen-bond acceptors (Lipinski definition) is 5. The summed E-state index contributed by atoms with van der Waals surface area (Å²) in [5.74, 6) is 0.0646. The van der Waals surface area contributed by atoms with Crippen molar-refractivity contribution in [2.75, 3.05) is 5.32 Å². The van der Waals surface area contributed by atoms with Gasteiger partial charge >= 0.3 is 0 Å². The number of nitrogens with zero attached hydrogens (tertiary/aromatic N) is 2. The minimum atomic E-state index is -0.267. The van der Waals surface area contributed by atoms with Gasteiger partial charge in [-0.15, -0.1) is 0 Å². The Balaban J connectivity index is 1.75. The number of Topliss-reactive ketones (excluding diaryl/α,β-unsaturated/α-hetero) is 1. The van der Waals surface area contributed by atoms with Gasteiger partial charge in [-0.05, 0) is 56.7 Å². The molecule has 0 radical (unpaired) electrons. The third-order valence-electron chi connectivity index (χ3n) is 4.28. The van der Waals surface area contributed by atoms with E-state index in [1.807, 2.05) is 44.2 Å². The summed E-state index contributed by atoms with van der Waals surface area (Å²) >= 11 is 0. The number of carbonyl (C=O) groups is 2. The van der Waals surface area contributed by atoms with Gasteiger partial charge in [0.2, 0.25) is 5.95 Å². The zero-order valence-electron chi connectivity index (χ0n) is 16.1. The van der Waals surface area contributed by atoms with Crippen molar-refractivity contribution in [2.45, 2.75) is 26.8 Å². The molecule has 0 fully saturated rings. The molecule has 1 heterocycles. The number of benzene rings is 2. The molecule has 142 valence electrons. The summed E-state index contributed by atoms with van der Waals surface area (Å²) in [5, 5.41) is 6.03. The highest BCUT2D eigenvalue weighted by atomic mass is 16.2. The van der Waals surface area contributed by atoms with Crippen LogP contribution in [0.4, 0.5) is 11.6 Å². The smallest absolute Gasteiger partial charge is 0.270 e. The summed E-state index contributed by atoms with van der Waals surface area (Å²) in [7, 11) is 0. The number of rotatable bonds is 6. The Morgan fingerprint density at radius 1 is 0.964 bits per heavy atom. The topological polar surface area (TPSA) is 84.0 Å². The maximum Gasteiger partial charge on any atom is 0.270 e. The molecule has 3 rings (SSSR count). The first-order chi connectivity index (χ1) is 13.4. The molecule has 0 bridgehead atoms. The Hall–Kier alpha value is -3.54. The van der Waals surface area contributed by atoms with Crippen molar-refractivity contribution in [1.82, 2.24) is 15.3 Å². The van der Waals surface area contributed by atoms with Crippen LogP contribution in [0, 0.1) is 6.92 Å². The van der Waals surface area contributed by atoms with Crippen LogP contribution in [0.1, 0.15) is 52.0 Å². The van der Waals surface area contributed by atoms with E-state index in [1.165, 1.54) is 6.92 Å². The monoisotopic (exact) mass is 374 g/mol. The van der Waals surface area contributed by atoms with E-state index >= 15 is 0 Å². The highest BCUT2D eigenvalue weighted by Crippen LogP contribution is 2.16. The summed E-state index contributed by atoms with van der Waals surface area (Å²) in [5.41, 5.74) is 3.35. The van der Waals surface area contributed by atoms with E-state index in [9.17, 15) is 9.59 Å². The number of aromatic nitrogens is 2. The molecule has 6 heteroatoms. The van der Waals surface area contributed by atoms with Gasteiger partial charge in [0.15, 0.2) is 5.78 Å². The van der Waals surface area contributed by atoms with E-state index in [0.717, 1.165) is 11.3 Å². The van der Waals surface area contributed by atoms with E-state index in [4.69, 9.17) is 0 Å². The summed E-state index contributed by atoms with van der Waals surface area (Å²) in [4.78, 5) is 32.7.